The Morgan fingerprint density at radius 3 is 2.25 bits per heavy atom. The molecule has 162 valence electrons. The van der Waals surface area contributed by atoms with Crippen LogP contribution in [0.15, 0.2) is 0 Å². The molecule has 0 amide bonds. The summed E-state index contributed by atoms with van der Waals surface area (Å²) in [5, 5.41) is 30.7. The van der Waals surface area contributed by atoms with Crippen LogP contribution in [0.1, 0.15) is 78.1 Å². The number of nitrogens with zero attached hydrogens (tertiary/aromatic N) is 1. The van der Waals surface area contributed by atoms with E-state index >= 15 is 0 Å². The maximum Gasteiger partial charge on any atom is 0.0830 e. The van der Waals surface area contributed by atoms with E-state index in [0.717, 1.165) is 37.0 Å². The van der Waals surface area contributed by atoms with Crippen molar-refractivity contribution in [3.8, 4) is 0 Å². The average molecular weight is 394 g/mol. The molecular formula is C24H43NO3. The van der Waals surface area contributed by atoms with Crippen molar-refractivity contribution in [2.45, 2.75) is 83.7 Å². The number of aliphatic hydroxyl groups is 3. The summed E-state index contributed by atoms with van der Waals surface area (Å²) in [5.74, 6) is 3.23. The van der Waals surface area contributed by atoms with Gasteiger partial charge in [0.2, 0.25) is 0 Å². The SMILES string of the molecule is C[C@]12CCCC[C@H]1CC[C@H]1[C@H]3CC[C@](O)(CN(CCO)CCO)[C@]3(C)CC[C@@H]12. The van der Waals surface area contributed by atoms with Crippen molar-refractivity contribution < 1.29 is 15.3 Å². The first kappa shape index (κ1) is 21.1. The van der Waals surface area contributed by atoms with Crippen LogP contribution in [0, 0.1) is 34.5 Å². The molecule has 7 atom stereocenters. The number of fused-ring (bicyclic) bond motifs is 5. The molecule has 3 N–H and O–H groups in total. The predicted molar refractivity (Wildman–Crippen MR) is 112 cm³/mol. The summed E-state index contributed by atoms with van der Waals surface area (Å²) in [5.41, 5.74) is -0.157. The van der Waals surface area contributed by atoms with Gasteiger partial charge in [-0.3, -0.25) is 4.90 Å². The Morgan fingerprint density at radius 1 is 0.821 bits per heavy atom. The summed E-state index contributed by atoms with van der Waals surface area (Å²) in [6.07, 6.45) is 13.0. The summed E-state index contributed by atoms with van der Waals surface area (Å²) in [4.78, 5) is 2.07. The number of aliphatic hydroxyl groups excluding tert-OH is 2. The van der Waals surface area contributed by atoms with Gasteiger partial charge in [0.05, 0.1) is 18.8 Å². The van der Waals surface area contributed by atoms with Gasteiger partial charge in [0.1, 0.15) is 0 Å². The number of hydrogen-bond donors (Lipinski definition) is 3. The first-order valence-corrected chi connectivity index (χ1v) is 12.0. The summed E-state index contributed by atoms with van der Waals surface area (Å²) in [6, 6.07) is 0. The molecule has 0 bridgehead atoms. The highest BCUT2D eigenvalue weighted by atomic mass is 16.3. The van der Waals surface area contributed by atoms with Crippen molar-refractivity contribution in [1.82, 2.24) is 4.90 Å². The van der Waals surface area contributed by atoms with Crippen molar-refractivity contribution in [2.24, 2.45) is 34.5 Å². The van der Waals surface area contributed by atoms with Crippen molar-refractivity contribution in [1.29, 1.82) is 0 Å². The molecule has 0 aromatic carbocycles. The Bertz CT molecular complexity index is 550. The molecule has 28 heavy (non-hydrogen) atoms. The molecule has 0 aliphatic heterocycles. The van der Waals surface area contributed by atoms with E-state index in [0.29, 0.717) is 31.0 Å². The third kappa shape index (κ3) is 3.18. The van der Waals surface area contributed by atoms with E-state index in [1.807, 2.05) is 0 Å². The fourth-order valence-corrected chi connectivity index (χ4v) is 8.59. The molecule has 4 heteroatoms. The Kier molecular flexibility index (Phi) is 5.90. The first-order chi connectivity index (χ1) is 13.4. The average Bonchev–Trinajstić information content (AvgIpc) is 2.93. The summed E-state index contributed by atoms with van der Waals surface area (Å²) < 4.78 is 0. The van der Waals surface area contributed by atoms with Gasteiger partial charge in [0.25, 0.3) is 0 Å². The van der Waals surface area contributed by atoms with Crippen LogP contribution in [-0.4, -0.2) is 58.7 Å². The minimum atomic E-state index is -0.683. The molecule has 0 heterocycles. The summed E-state index contributed by atoms with van der Waals surface area (Å²) >= 11 is 0. The normalized spacial score (nSPS) is 48.2. The molecule has 4 saturated carbocycles. The van der Waals surface area contributed by atoms with Crippen LogP contribution in [0.4, 0.5) is 0 Å². The van der Waals surface area contributed by atoms with E-state index in [2.05, 4.69) is 18.7 Å². The fraction of sp³-hybridized carbons (Fsp3) is 1.00. The van der Waals surface area contributed by atoms with Gasteiger partial charge < -0.3 is 15.3 Å². The Balaban J connectivity index is 1.54. The monoisotopic (exact) mass is 393 g/mol. The van der Waals surface area contributed by atoms with Crippen molar-refractivity contribution in [3.63, 3.8) is 0 Å². The molecule has 0 unspecified atom stereocenters. The van der Waals surface area contributed by atoms with Crippen LogP contribution < -0.4 is 0 Å². The molecule has 0 spiro atoms. The first-order valence-electron chi connectivity index (χ1n) is 12.0. The van der Waals surface area contributed by atoms with Crippen LogP contribution in [0.25, 0.3) is 0 Å². The third-order valence-electron chi connectivity index (χ3n) is 10.2. The van der Waals surface area contributed by atoms with Crippen LogP contribution >= 0.6 is 0 Å². The summed E-state index contributed by atoms with van der Waals surface area (Å²) in [6.45, 7) is 6.82. The van der Waals surface area contributed by atoms with Gasteiger partial charge in [-0.05, 0) is 80.5 Å². The molecule has 4 aliphatic carbocycles. The molecule has 4 nitrogen and oxygen atoms in total. The molecule has 0 saturated heterocycles. The summed E-state index contributed by atoms with van der Waals surface area (Å²) in [7, 11) is 0. The maximum atomic E-state index is 11.9. The Morgan fingerprint density at radius 2 is 1.54 bits per heavy atom. The van der Waals surface area contributed by atoms with Crippen LogP contribution in [0.5, 0.6) is 0 Å². The predicted octanol–water partition coefficient (Wildman–Crippen LogP) is 3.44. The second-order valence-electron chi connectivity index (χ2n) is 11.2. The maximum absolute atomic E-state index is 11.9. The van der Waals surface area contributed by atoms with E-state index in [-0.39, 0.29) is 18.6 Å². The van der Waals surface area contributed by atoms with Crippen molar-refractivity contribution >= 4 is 0 Å². The molecule has 0 radical (unpaired) electrons. The molecule has 4 aliphatic rings. The quantitative estimate of drug-likeness (QED) is 0.647. The van der Waals surface area contributed by atoms with Gasteiger partial charge in [-0.1, -0.05) is 26.7 Å². The number of hydrogen-bond acceptors (Lipinski definition) is 4. The highest BCUT2D eigenvalue weighted by Crippen LogP contribution is 2.68. The molecular weight excluding hydrogens is 350 g/mol. The smallest absolute Gasteiger partial charge is 0.0830 e. The van der Waals surface area contributed by atoms with E-state index in [9.17, 15) is 15.3 Å². The van der Waals surface area contributed by atoms with Crippen molar-refractivity contribution in [3.05, 3.63) is 0 Å². The zero-order valence-corrected chi connectivity index (χ0v) is 18.2. The molecule has 0 aromatic rings. The third-order valence-corrected chi connectivity index (χ3v) is 10.2. The lowest BCUT2D eigenvalue weighted by Crippen LogP contribution is -2.59. The molecule has 4 fully saturated rings. The lowest BCUT2D eigenvalue weighted by Gasteiger charge is -2.61. The Hall–Kier alpha value is -0.160. The van der Waals surface area contributed by atoms with Crippen LogP contribution in [-0.2, 0) is 0 Å². The fourth-order valence-electron chi connectivity index (χ4n) is 8.59. The minimum absolute atomic E-state index is 0.0187. The molecule has 0 aromatic heterocycles. The topological polar surface area (TPSA) is 63.9 Å². The van der Waals surface area contributed by atoms with Crippen LogP contribution in [0.2, 0.25) is 0 Å². The van der Waals surface area contributed by atoms with Gasteiger partial charge in [0, 0.05) is 25.0 Å². The van der Waals surface area contributed by atoms with Gasteiger partial charge in [-0.25, -0.2) is 0 Å². The largest absolute Gasteiger partial charge is 0.395 e. The van der Waals surface area contributed by atoms with Gasteiger partial charge in [-0.2, -0.15) is 0 Å². The van der Waals surface area contributed by atoms with E-state index in [1.54, 1.807) is 0 Å². The van der Waals surface area contributed by atoms with Gasteiger partial charge in [-0.15, -0.1) is 0 Å². The highest BCUT2D eigenvalue weighted by molar-refractivity contribution is 5.14. The lowest BCUT2D eigenvalue weighted by molar-refractivity contribution is -0.158. The molecule has 4 rings (SSSR count). The van der Waals surface area contributed by atoms with Crippen LogP contribution in [0.3, 0.4) is 0 Å². The van der Waals surface area contributed by atoms with E-state index in [1.165, 1.54) is 44.9 Å². The lowest BCUT2D eigenvalue weighted by atomic mass is 9.44. The standard InChI is InChI=1S/C24H43NO3/c1-22-10-4-3-5-18(22)6-7-19-20(22)8-11-23(2)21(19)9-12-24(23,28)17-25(13-15-26)14-16-27/h18-21,26-28H,3-17H2,1-2H3/t18-,19+,20-,21+,22-,23+,24-/m0/s1. The number of rotatable bonds is 6. The minimum Gasteiger partial charge on any atom is -0.395 e. The second kappa shape index (κ2) is 7.83. The zero-order valence-electron chi connectivity index (χ0n) is 18.2. The van der Waals surface area contributed by atoms with E-state index in [4.69, 9.17) is 0 Å². The van der Waals surface area contributed by atoms with Gasteiger partial charge >= 0.3 is 0 Å². The van der Waals surface area contributed by atoms with E-state index < -0.39 is 5.60 Å². The highest BCUT2D eigenvalue weighted by Gasteiger charge is 2.64. The second-order valence-corrected chi connectivity index (χ2v) is 11.2. The van der Waals surface area contributed by atoms with Crippen molar-refractivity contribution in [2.75, 3.05) is 32.8 Å². The van der Waals surface area contributed by atoms with Gasteiger partial charge in [0.15, 0.2) is 0 Å². The Labute approximate surface area is 171 Å². The zero-order chi connectivity index (χ0) is 20.0.